The van der Waals surface area contributed by atoms with Gasteiger partial charge in [-0.3, -0.25) is 4.79 Å². The van der Waals surface area contributed by atoms with Gasteiger partial charge in [0.05, 0.1) is 0 Å². The molecule has 0 spiro atoms. The molecular formula is C17H32BrNO. The van der Waals surface area contributed by atoms with Crippen LogP contribution in [0.1, 0.15) is 66.2 Å². The fraction of sp³-hybridized carbons (Fsp3) is 0.941. The lowest BCUT2D eigenvalue weighted by Crippen LogP contribution is -2.35. The Morgan fingerprint density at radius 1 is 1.25 bits per heavy atom. The molecule has 1 aliphatic carbocycles. The van der Waals surface area contributed by atoms with Crippen molar-refractivity contribution in [3.63, 3.8) is 0 Å². The molecule has 0 saturated heterocycles. The van der Waals surface area contributed by atoms with E-state index >= 15 is 0 Å². The zero-order chi connectivity index (χ0) is 15.2. The maximum Gasteiger partial charge on any atom is 0.223 e. The van der Waals surface area contributed by atoms with E-state index in [0.717, 1.165) is 37.1 Å². The molecule has 0 bridgehead atoms. The van der Waals surface area contributed by atoms with Crippen molar-refractivity contribution in [2.24, 2.45) is 23.2 Å². The van der Waals surface area contributed by atoms with Gasteiger partial charge in [0.2, 0.25) is 5.91 Å². The van der Waals surface area contributed by atoms with Gasteiger partial charge < -0.3 is 5.32 Å². The maximum absolute atomic E-state index is 12.1. The highest BCUT2D eigenvalue weighted by Gasteiger charge is 2.32. The second-order valence-electron chi connectivity index (χ2n) is 7.61. The summed E-state index contributed by atoms with van der Waals surface area (Å²) in [5.41, 5.74) is 0.396. The molecule has 0 radical (unpaired) electrons. The van der Waals surface area contributed by atoms with E-state index in [1.165, 1.54) is 19.3 Å². The number of hydrogen-bond acceptors (Lipinski definition) is 1. The zero-order valence-electron chi connectivity index (χ0n) is 13.7. The van der Waals surface area contributed by atoms with Crippen molar-refractivity contribution < 1.29 is 4.79 Å². The van der Waals surface area contributed by atoms with Crippen molar-refractivity contribution in [1.82, 2.24) is 5.32 Å². The monoisotopic (exact) mass is 345 g/mol. The third-order valence-corrected chi connectivity index (χ3v) is 5.86. The quantitative estimate of drug-likeness (QED) is 0.545. The zero-order valence-corrected chi connectivity index (χ0v) is 15.3. The number of nitrogens with one attached hydrogen (secondary N) is 1. The molecule has 1 saturated carbocycles. The van der Waals surface area contributed by atoms with Gasteiger partial charge in [-0.15, -0.1) is 0 Å². The summed E-state index contributed by atoms with van der Waals surface area (Å²) in [7, 11) is 0. The number of halogens is 1. The number of alkyl halides is 1. The van der Waals surface area contributed by atoms with E-state index in [4.69, 9.17) is 0 Å². The van der Waals surface area contributed by atoms with Gasteiger partial charge in [0.25, 0.3) is 0 Å². The lowest BCUT2D eigenvalue weighted by atomic mass is 9.69. The van der Waals surface area contributed by atoms with E-state index in [1.807, 2.05) is 0 Å². The number of carbonyl (C=O) groups is 1. The molecule has 0 aromatic heterocycles. The average Bonchev–Trinajstić information content (AvgIpc) is 2.42. The van der Waals surface area contributed by atoms with Crippen LogP contribution in [0.4, 0.5) is 0 Å². The molecule has 1 aliphatic rings. The van der Waals surface area contributed by atoms with Crippen LogP contribution in [0.25, 0.3) is 0 Å². The van der Waals surface area contributed by atoms with Crippen molar-refractivity contribution >= 4 is 21.8 Å². The highest BCUT2D eigenvalue weighted by Crippen LogP contribution is 2.39. The van der Waals surface area contributed by atoms with E-state index in [0.29, 0.717) is 17.2 Å². The van der Waals surface area contributed by atoms with Gasteiger partial charge >= 0.3 is 0 Å². The van der Waals surface area contributed by atoms with Gasteiger partial charge in [0.15, 0.2) is 0 Å². The fourth-order valence-corrected chi connectivity index (χ4v) is 3.43. The Morgan fingerprint density at radius 3 is 2.35 bits per heavy atom. The lowest BCUT2D eigenvalue weighted by Gasteiger charge is -2.36. The van der Waals surface area contributed by atoms with Crippen LogP contribution in [0.2, 0.25) is 0 Å². The van der Waals surface area contributed by atoms with Crippen molar-refractivity contribution in [2.75, 3.05) is 11.9 Å². The first-order valence-corrected chi connectivity index (χ1v) is 9.30. The molecule has 0 heterocycles. The Balaban J connectivity index is 2.19. The molecule has 1 unspecified atom stereocenters. The van der Waals surface area contributed by atoms with Gasteiger partial charge in [-0.1, -0.05) is 43.6 Å². The van der Waals surface area contributed by atoms with E-state index in [-0.39, 0.29) is 5.92 Å². The summed E-state index contributed by atoms with van der Waals surface area (Å²) in [4.78, 5) is 12.1. The summed E-state index contributed by atoms with van der Waals surface area (Å²) in [6.45, 7) is 10.1. The van der Waals surface area contributed by atoms with Crippen molar-refractivity contribution in [1.29, 1.82) is 0 Å². The lowest BCUT2D eigenvalue weighted by molar-refractivity contribution is -0.126. The Kier molecular flexibility index (Phi) is 7.57. The molecule has 1 atom stereocenters. The third kappa shape index (κ3) is 6.15. The summed E-state index contributed by atoms with van der Waals surface area (Å²) in [6, 6.07) is 0. The van der Waals surface area contributed by atoms with E-state index in [9.17, 15) is 4.79 Å². The Morgan fingerprint density at radius 2 is 1.85 bits per heavy atom. The molecule has 118 valence electrons. The largest absolute Gasteiger partial charge is 0.356 e. The number of carbonyl (C=O) groups excluding carboxylic acids is 1. The summed E-state index contributed by atoms with van der Waals surface area (Å²) >= 11 is 3.49. The highest BCUT2D eigenvalue weighted by molar-refractivity contribution is 9.09. The maximum atomic E-state index is 12.1. The van der Waals surface area contributed by atoms with E-state index < -0.39 is 0 Å². The predicted molar refractivity (Wildman–Crippen MR) is 90.1 cm³/mol. The van der Waals surface area contributed by atoms with Crippen LogP contribution in [0, 0.1) is 23.2 Å². The molecule has 0 aromatic carbocycles. The topological polar surface area (TPSA) is 29.1 Å². The van der Waals surface area contributed by atoms with Crippen LogP contribution in [-0.2, 0) is 4.79 Å². The normalized spacial score (nSPS) is 25.2. The van der Waals surface area contributed by atoms with E-state index in [1.54, 1.807) is 0 Å². The minimum Gasteiger partial charge on any atom is -0.356 e. The summed E-state index contributed by atoms with van der Waals surface area (Å²) in [5.74, 6) is 2.05. The molecule has 0 aliphatic heterocycles. The van der Waals surface area contributed by atoms with E-state index in [2.05, 4.69) is 48.9 Å². The van der Waals surface area contributed by atoms with Gasteiger partial charge in [0.1, 0.15) is 0 Å². The van der Waals surface area contributed by atoms with Crippen LogP contribution >= 0.6 is 15.9 Å². The van der Waals surface area contributed by atoms with Crippen molar-refractivity contribution in [3.8, 4) is 0 Å². The fourth-order valence-electron chi connectivity index (χ4n) is 3.11. The van der Waals surface area contributed by atoms with Crippen molar-refractivity contribution in [3.05, 3.63) is 0 Å². The van der Waals surface area contributed by atoms with Crippen LogP contribution in [-0.4, -0.2) is 17.8 Å². The summed E-state index contributed by atoms with van der Waals surface area (Å²) in [6.07, 6.45) is 6.85. The predicted octanol–water partition coefficient (Wildman–Crippen LogP) is 4.77. The Hall–Kier alpha value is -0.0500. The Bertz CT molecular complexity index is 290. The molecule has 1 N–H and O–H groups in total. The number of rotatable bonds is 6. The highest BCUT2D eigenvalue weighted by atomic mass is 79.9. The van der Waals surface area contributed by atoms with Crippen molar-refractivity contribution in [2.45, 2.75) is 66.2 Å². The second-order valence-corrected chi connectivity index (χ2v) is 8.25. The smallest absolute Gasteiger partial charge is 0.223 e. The van der Waals surface area contributed by atoms with Gasteiger partial charge in [-0.05, 0) is 55.8 Å². The van der Waals surface area contributed by atoms with Gasteiger partial charge in [-0.2, -0.15) is 0 Å². The third-order valence-electron chi connectivity index (χ3n) is 4.76. The first-order chi connectivity index (χ1) is 9.34. The molecule has 1 fully saturated rings. The minimum absolute atomic E-state index is 0.266. The van der Waals surface area contributed by atoms with Gasteiger partial charge in [0, 0.05) is 17.8 Å². The average molecular weight is 346 g/mol. The summed E-state index contributed by atoms with van der Waals surface area (Å²) in [5, 5.41) is 4.18. The summed E-state index contributed by atoms with van der Waals surface area (Å²) < 4.78 is 0. The molecule has 2 nitrogen and oxygen atoms in total. The molecule has 1 amide bonds. The SMILES string of the molecule is CC(CBr)CCCNC(=O)C1CCC(C(C)(C)C)CC1. The van der Waals surface area contributed by atoms with Crippen LogP contribution < -0.4 is 5.32 Å². The first-order valence-electron chi connectivity index (χ1n) is 8.18. The van der Waals surface area contributed by atoms with Crippen LogP contribution in [0.5, 0.6) is 0 Å². The minimum atomic E-state index is 0.266. The number of amides is 1. The van der Waals surface area contributed by atoms with Crippen LogP contribution in [0.15, 0.2) is 0 Å². The Labute approximate surface area is 133 Å². The van der Waals surface area contributed by atoms with Gasteiger partial charge in [-0.25, -0.2) is 0 Å². The molecule has 1 rings (SSSR count). The first kappa shape index (κ1) is 18.0. The molecule has 0 aromatic rings. The van der Waals surface area contributed by atoms with Crippen LogP contribution in [0.3, 0.4) is 0 Å². The number of hydrogen-bond donors (Lipinski definition) is 1. The molecular weight excluding hydrogens is 314 g/mol. The molecule has 3 heteroatoms. The molecule has 20 heavy (non-hydrogen) atoms. The second kappa shape index (κ2) is 8.41. The standard InChI is InChI=1S/C17H32BrNO/c1-13(12-18)6-5-11-19-16(20)14-7-9-15(10-8-14)17(2,3)4/h13-15H,5-12H2,1-4H3,(H,19,20).